The van der Waals surface area contributed by atoms with Crippen LogP contribution >= 0.6 is 0 Å². The minimum absolute atomic E-state index is 0.0557. The number of imidazole rings is 4. The molecule has 0 fully saturated rings. The summed E-state index contributed by atoms with van der Waals surface area (Å²) in [7, 11) is 0. The second-order valence-electron chi connectivity index (χ2n) is 11.2. The van der Waals surface area contributed by atoms with Gasteiger partial charge in [-0.3, -0.25) is 8.80 Å². The van der Waals surface area contributed by atoms with Crippen molar-refractivity contribution in [1.29, 1.82) is 0 Å². The van der Waals surface area contributed by atoms with Crippen LogP contribution in [0.5, 0.6) is 0 Å². The minimum Gasteiger partial charge on any atom is -0.276 e. The first-order valence-electron chi connectivity index (χ1n) is 13.1. The molecular weight excluding hydrogens is 466 g/mol. The van der Waals surface area contributed by atoms with Crippen LogP contribution in [0.4, 0.5) is 0 Å². The average molecular weight is 488 g/mol. The first kappa shape index (κ1) is 19.2. The van der Waals surface area contributed by atoms with Gasteiger partial charge in [0.1, 0.15) is 5.52 Å². The van der Waals surface area contributed by atoms with E-state index in [1.54, 1.807) is 0 Å². The van der Waals surface area contributed by atoms with Crippen LogP contribution in [0.1, 0.15) is 25.0 Å². The van der Waals surface area contributed by atoms with Crippen molar-refractivity contribution >= 4 is 60.9 Å². The van der Waals surface area contributed by atoms with Gasteiger partial charge in [-0.2, -0.15) is 0 Å². The Bertz CT molecular complexity index is 2480. The number of fused-ring (bicyclic) bond motifs is 16. The Balaban J connectivity index is 1.46. The van der Waals surface area contributed by atoms with Gasteiger partial charge in [0.2, 0.25) is 11.6 Å². The van der Waals surface area contributed by atoms with E-state index in [0.717, 1.165) is 44.7 Å². The number of para-hydroxylation sites is 1. The van der Waals surface area contributed by atoms with Crippen molar-refractivity contribution < 1.29 is 0 Å². The van der Waals surface area contributed by atoms with Crippen molar-refractivity contribution in [2.75, 3.05) is 0 Å². The van der Waals surface area contributed by atoms with Gasteiger partial charge in [-0.05, 0) is 46.3 Å². The lowest BCUT2D eigenvalue weighted by Gasteiger charge is -2.21. The Morgan fingerprint density at radius 1 is 0.579 bits per heavy atom. The third-order valence-electron chi connectivity index (χ3n) is 8.97. The van der Waals surface area contributed by atoms with E-state index in [4.69, 9.17) is 9.97 Å². The van der Waals surface area contributed by atoms with E-state index in [-0.39, 0.29) is 5.41 Å². The summed E-state index contributed by atoms with van der Waals surface area (Å²) < 4.78 is 6.93. The van der Waals surface area contributed by atoms with Crippen LogP contribution in [0.3, 0.4) is 0 Å². The van der Waals surface area contributed by atoms with Crippen LogP contribution in [-0.4, -0.2) is 23.2 Å². The van der Waals surface area contributed by atoms with E-state index >= 15 is 0 Å². The van der Waals surface area contributed by atoms with Crippen molar-refractivity contribution in [3.05, 3.63) is 102 Å². The molecule has 10 rings (SSSR count). The van der Waals surface area contributed by atoms with Gasteiger partial charge in [0, 0.05) is 16.4 Å². The van der Waals surface area contributed by atoms with Crippen LogP contribution in [0.25, 0.3) is 72.1 Å². The third kappa shape index (κ3) is 1.92. The molecule has 1 aliphatic rings. The molecule has 0 N–H and O–H groups in total. The van der Waals surface area contributed by atoms with E-state index in [9.17, 15) is 0 Å². The lowest BCUT2D eigenvalue weighted by atomic mass is 9.82. The van der Waals surface area contributed by atoms with Crippen LogP contribution in [0, 0.1) is 0 Å². The Labute approximate surface area is 216 Å². The van der Waals surface area contributed by atoms with Gasteiger partial charge in [0.25, 0.3) is 0 Å². The molecule has 0 saturated carbocycles. The van der Waals surface area contributed by atoms with Gasteiger partial charge in [0.15, 0.2) is 0 Å². The molecule has 5 heteroatoms. The van der Waals surface area contributed by atoms with E-state index in [1.807, 2.05) is 0 Å². The summed E-state index contributed by atoms with van der Waals surface area (Å²) in [6.45, 7) is 4.66. The van der Waals surface area contributed by atoms with Crippen molar-refractivity contribution in [3.63, 3.8) is 0 Å². The van der Waals surface area contributed by atoms with Crippen molar-refractivity contribution in [1.82, 2.24) is 23.2 Å². The lowest BCUT2D eigenvalue weighted by molar-refractivity contribution is 0.661. The van der Waals surface area contributed by atoms with E-state index < -0.39 is 0 Å². The predicted octanol–water partition coefficient (Wildman–Crippen LogP) is 7.59. The zero-order valence-corrected chi connectivity index (χ0v) is 20.9. The normalized spacial score (nSPS) is 14.8. The summed E-state index contributed by atoms with van der Waals surface area (Å²) in [4.78, 5) is 10.5. The van der Waals surface area contributed by atoms with Gasteiger partial charge in [-0.25, -0.2) is 14.4 Å². The zero-order valence-electron chi connectivity index (χ0n) is 20.9. The zero-order chi connectivity index (χ0) is 24.9. The molecule has 0 atom stereocenters. The number of nitrogens with zero attached hydrogens (tertiary/aromatic N) is 5. The molecule has 5 aromatic carbocycles. The minimum atomic E-state index is -0.0557. The average Bonchev–Trinajstić information content (AvgIpc) is 3.70. The van der Waals surface area contributed by atoms with E-state index in [2.05, 4.69) is 118 Å². The van der Waals surface area contributed by atoms with Crippen LogP contribution < -0.4 is 0 Å². The summed E-state index contributed by atoms with van der Waals surface area (Å²) >= 11 is 0. The molecule has 5 nitrogen and oxygen atoms in total. The molecule has 0 unspecified atom stereocenters. The Kier molecular flexibility index (Phi) is 3.02. The molecule has 0 aliphatic heterocycles. The maximum absolute atomic E-state index is 5.26. The lowest BCUT2D eigenvalue weighted by Crippen LogP contribution is -2.14. The number of hydrogen-bond donors (Lipinski definition) is 0. The maximum atomic E-state index is 5.26. The molecule has 4 aromatic heterocycles. The van der Waals surface area contributed by atoms with Gasteiger partial charge in [0.05, 0.1) is 33.1 Å². The molecule has 0 spiro atoms. The highest BCUT2D eigenvalue weighted by Gasteiger charge is 2.37. The quantitative estimate of drug-likeness (QED) is 0.221. The fourth-order valence-electron chi connectivity index (χ4n) is 7.30. The Morgan fingerprint density at radius 3 is 2.29 bits per heavy atom. The molecule has 4 heterocycles. The number of hydrogen-bond acceptors (Lipinski definition) is 2. The fourth-order valence-corrected chi connectivity index (χ4v) is 7.30. The molecule has 38 heavy (non-hydrogen) atoms. The van der Waals surface area contributed by atoms with Crippen molar-refractivity contribution in [3.8, 4) is 11.1 Å². The molecule has 9 aromatic rings. The first-order chi connectivity index (χ1) is 18.6. The van der Waals surface area contributed by atoms with E-state index in [1.165, 1.54) is 38.5 Å². The van der Waals surface area contributed by atoms with Crippen LogP contribution in [0.15, 0.2) is 91.0 Å². The molecule has 0 saturated heterocycles. The predicted molar refractivity (Wildman–Crippen MR) is 154 cm³/mol. The number of aromatic nitrogens is 5. The van der Waals surface area contributed by atoms with Crippen LogP contribution in [-0.2, 0) is 5.41 Å². The SMILES string of the molecule is CC1(C)c2ccccc2-c2c1ccc1nc3n(c4cccc5c4n3c3nc4c6ccccc6ccc4n53)c21. The topological polar surface area (TPSA) is 39.0 Å². The highest BCUT2D eigenvalue weighted by Crippen LogP contribution is 2.51. The molecule has 0 bridgehead atoms. The molecule has 0 radical (unpaired) electrons. The number of rotatable bonds is 0. The highest BCUT2D eigenvalue weighted by molar-refractivity contribution is 6.10. The molecule has 178 valence electrons. The van der Waals surface area contributed by atoms with Gasteiger partial charge in [-0.1, -0.05) is 80.6 Å². The summed E-state index contributed by atoms with van der Waals surface area (Å²) in [5.41, 5.74) is 13.1. The number of benzene rings is 5. The second-order valence-corrected chi connectivity index (χ2v) is 11.2. The van der Waals surface area contributed by atoms with Crippen molar-refractivity contribution in [2.24, 2.45) is 0 Å². The van der Waals surface area contributed by atoms with Gasteiger partial charge < -0.3 is 0 Å². The Morgan fingerprint density at radius 2 is 1.37 bits per heavy atom. The monoisotopic (exact) mass is 487 g/mol. The van der Waals surface area contributed by atoms with Crippen LogP contribution in [0.2, 0.25) is 0 Å². The summed E-state index contributed by atoms with van der Waals surface area (Å²) in [6, 6.07) is 32.8. The van der Waals surface area contributed by atoms with Gasteiger partial charge >= 0.3 is 0 Å². The largest absolute Gasteiger partial charge is 0.276 e. The smallest absolute Gasteiger partial charge is 0.223 e. The fraction of sp³-hybridized carbons (Fsp3) is 0.0909. The summed E-state index contributed by atoms with van der Waals surface area (Å²) in [5, 5.41) is 2.38. The molecule has 1 aliphatic carbocycles. The molecule has 0 amide bonds. The summed E-state index contributed by atoms with van der Waals surface area (Å²) in [5.74, 6) is 1.82. The van der Waals surface area contributed by atoms with E-state index in [0.29, 0.717) is 0 Å². The Hall–Kier alpha value is -4.90. The van der Waals surface area contributed by atoms with Gasteiger partial charge in [-0.15, -0.1) is 0 Å². The molecular formula is C33H21N5. The second kappa shape index (κ2) is 5.97. The third-order valence-corrected chi connectivity index (χ3v) is 8.97. The standard InChI is InChI=1S/C33H21N5/c1-33(2)21-11-6-5-10-20(21)27-22(33)15-16-23-29(27)37-26-13-7-12-25-30(26)38(31(37)34-23)32-35-28-19-9-4-3-8-18(19)14-17-24(28)36(25)32/h3-17H,1-2H3. The summed E-state index contributed by atoms with van der Waals surface area (Å²) in [6.07, 6.45) is 0. The highest BCUT2D eigenvalue weighted by atomic mass is 15.3. The van der Waals surface area contributed by atoms with Crippen molar-refractivity contribution in [2.45, 2.75) is 19.3 Å². The maximum Gasteiger partial charge on any atom is 0.223 e. The first-order valence-corrected chi connectivity index (χ1v) is 13.1.